The molecule has 7 nitrogen and oxygen atoms in total. The number of anilines is 1. The first-order valence-electron chi connectivity index (χ1n) is 13.1. The molecule has 4 rings (SSSR count). The highest BCUT2D eigenvalue weighted by Gasteiger charge is 2.47. The molecule has 0 aromatic heterocycles. The Bertz CT molecular complexity index is 1440. The molecule has 1 atom stereocenters. The summed E-state index contributed by atoms with van der Waals surface area (Å²) in [4.78, 5) is 28.6. The Labute approximate surface area is 229 Å². The van der Waals surface area contributed by atoms with Crippen LogP contribution in [0.15, 0.2) is 60.2 Å². The van der Waals surface area contributed by atoms with Gasteiger partial charge in [0.15, 0.2) is 11.5 Å². The lowest BCUT2D eigenvalue weighted by Crippen LogP contribution is -2.29. The van der Waals surface area contributed by atoms with Crippen molar-refractivity contribution in [3.05, 3.63) is 88.0 Å². The Morgan fingerprint density at radius 3 is 2.23 bits per heavy atom. The first-order chi connectivity index (χ1) is 18.7. The summed E-state index contributed by atoms with van der Waals surface area (Å²) < 4.78 is 17.0. The van der Waals surface area contributed by atoms with E-state index in [-0.39, 0.29) is 11.3 Å². The molecule has 1 amide bonds. The van der Waals surface area contributed by atoms with E-state index in [0.29, 0.717) is 47.3 Å². The molecule has 1 aliphatic heterocycles. The zero-order valence-corrected chi connectivity index (χ0v) is 23.3. The number of hydrogen-bond acceptors (Lipinski definition) is 6. The normalized spacial score (nSPS) is 16.5. The SMILES string of the molecule is CCCOc1ccc(/C(O)=C2\C(=O)C(=O)N(c3ccc(C)c(C)c3)C2c2ccc(OC)c(OCC)c2)cc1C. The average Bonchev–Trinajstić information content (AvgIpc) is 3.19. The Morgan fingerprint density at radius 2 is 1.59 bits per heavy atom. The number of rotatable bonds is 9. The van der Waals surface area contributed by atoms with Gasteiger partial charge in [0.1, 0.15) is 11.5 Å². The fourth-order valence-electron chi connectivity index (χ4n) is 4.75. The number of Topliss-reactive ketones (excluding diaryl/α,β-unsaturated/α-hetero) is 1. The monoisotopic (exact) mass is 529 g/mol. The van der Waals surface area contributed by atoms with Gasteiger partial charge in [-0.1, -0.05) is 19.1 Å². The Kier molecular flexibility index (Phi) is 8.29. The molecule has 0 saturated carbocycles. The van der Waals surface area contributed by atoms with Gasteiger partial charge in [-0.05, 0) is 98.8 Å². The van der Waals surface area contributed by atoms with Crippen LogP contribution in [0.2, 0.25) is 0 Å². The van der Waals surface area contributed by atoms with Crippen molar-refractivity contribution in [1.82, 2.24) is 0 Å². The van der Waals surface area contributed by atoms with E-state index in [1.54, 1.807) is 43.5 Å². The van der Waals surface area contributed by atoms with Gasteiger partial charge in [-0.25, -0.2) is 0 Å². The topological polar surface area (TPSA) is 85.3 Å². The van der Waals surface area contributed by atoms with Crippen LogP contribution in [0.4, 0.5) is 5.69 Å². The number of aryl methyl sites for hydroxylation is 3. The molecule has 39 heavy (non-hydrogen) atoms. The average molecular weight is 530 g/mol. The minimum absolute atomic E-state index is 0.00692. The number of aliphatic hydroxyl groups is 1. The summed E-state index contributed by atoms with van der Waals surface area (Å²) >= 11 is 0. The van der Waals surface area contributed by atoms with Crippen LogP contribution < -0.4 is 19.1 Å². The van der Waals surface area contributed by atoms with Crippen LogP contribution in [0.1, 0.15) is 54.1 Å². The summed E-state index contributed by atoms with van der Waals surface area (Å²) in [6.45, 7) is 10.7. The van der Waals surface area contributed by atoms with Crippen LogP contribution in [-0.4, -0.2) is 37.1 Å². The van der Waals surface area contributed by atoms with E-state index in [9.17, 15) is 14.7 Å². The first kappa shape index (κ1) is 27.8. The molecular formula is C32H35NO6. The standard InChI is InChI=1S/C32H35NO6/c1-7-15-39-25-13-11-23(16-21(25)5)30(34)28-29(22-10-14-26(37-6)27(18-22)38-8-2)33(32(36)31(28)35)24-12-9-19(3)20(4)17-24/h9-14,16-18,29,34H,7-8,15H2,1-6H3/b30-28+. The Hall–Kier alpha value is -4.26. The molecule has 204 valence electrons. The summed E-state index contributed by atoms with van der Waals surface area (Å²) in [5.41, 5.74) is 4.48. The van der Waals surface area contributed by atoms with E-state index in [0.717, 1.165) is 23.1 Å². The second-order valence-corrected chi connectivity index (χ2v) is 9.61. The van der Waals surface area contributed by atoms with Crippen LogP contribution in [-0.2, 0) is 9.59 Å². The van der Waals surface area contributed by atoms with Crippen molar-refractivity contribution in [3.8, 4) is 17.2 Å². The summed E-state index contributed by atoms with van der Waals surface area (Å²) in [6.07, 6.45) is 0.870. The summed E-state index contributed by atoms with van der Waals surface area (Å²) in [7, 11) is 1.55. The third kappa shape index (κ3) is 5.35. The van der Waals surface area contributed by atoms with Gasteiger partial charge in [0.05, 0.1) is 31.9 Å². The predicted molar refractivity (Wildman–Crippen MR) is 152 cm³/mol. The van der Waals surface area contributed by atoms with Gasteiger partial charge >= 0.3 is 0 Å². The molecule has 1 heterocycles. The van der Waals surface area contributed by atoms with Gasteiger partial charge in [-0.3, -0.25) is 14.5 Å². The predicted octanol–water partition coefficient (Wildman–Crippen LogP) is 6.43. The van der Waals surface area contributed by atoms with Crippen LogP contribution >= 0.6 is 0 Å². The van der Waals surface area contributed by atoms with Crippen LogP contribution in [0, 0.1) is 20.8 Å². The molecule has 0 spiro atoms. The van der Waals surface area contributed by atoms with Gasteiger partial charge in [0.2, 0.25) is 0 Å². The van der Waals surface area contributed by atoms with Crippen molar-refractivity contribution in [2.45, 2.75) is 47.1 Å². The maximum atomic E-state index is 13.6. The maximum Gasteiger partial charge on any atom is 0.300 e. The summed E-state index contributed by atoms with van der Waals surface area (Å²) in [5.74, 6) is 0.00536. The Morgan fingerprint density at radius 1 is 0.846 bits per heavy atom. The zero-order valence-electron chi connectivity index (χ0n) is 23.3. The van der Waals surface area contributed by atoms with Gasteiger partial charge < -0.3 is 19.3 Å². The van der Waals surface area contributed by atoms with E-state index >= 15 is 0 Å². The van der Waals surface area contributed by atoms with Gasteiger partial charge in [0.25, 0.3) is 11.7 Å². The minimum atomic E-state index is -0.881. The molecule has 0 aliphatic carbocycles. The molecule has 7 heteroatoms. The smallest absolute Gasteiger partial charge is 0.300 e. The highest BCUT2D eigenvalue weighted by atomic mass is 16.5. The van der Waals surface area contributed by atoms with Gasteiger partial charge in [0, 0.05) is 11.3 Å². The minimum Gasteiger partial charge on any atom is -0.507 e. The largest absolute Gasteiger partial charge is 0.507 e. The van der Waals surface area contributed by atoms with E-state index in [4.69, 9.17) is 14.2 Å². The molecule has 1 saturated heterocycles. The molecule has 0 bridgehead atoms. The Balaban J connectivity index is 1.93. The molecule has 1 aliphatic rings. The number of aliphatic hydroxyl groups excluding tert-OH is 1. The third-order valence-corrected chi connectivity index (χ3v) is 6.93. The molecule has 1 fully saturated rings. The molecule has 3 aromatic carbocycles. The highest BCUT2D eigenvalue weighted by Crippen LogP contribution is 2.44. The fraction of sp³-hybridized carbons (Fsp3) is 0.312. The molecular weight excluding hydrogens is 494 g/mol. The molecule has 0 radical (unpaired) electrons. The van der Waals surface area contributed by atoms with E-state index in [2.05, 4.69) is 0 Å². The van der Waals surface area contributed by atoms with Crippen molar-refractivity contribution in [2.75, 3.05) is 25.2 Å². The van der Waals surface area contributed by atoms with E-state index < -0.39 is 17.7 Å². The number of amides is 1. The van der Waals surface area contributed by atoms with Crippen LogP contribution in [0.25, 0.3) is 5.76 Å². The zero-order chi connectivity index (χ0) is 28.3. The molecule has 3 aromatic rings. The number of nitrogens with zero attached hydrogens (tertiary/aromatic N) is 1. The number of carbonyl (C=O) groups is 2. The summed E-state index contributed by atoms with van der Waals surface area (Å²) in [5, 5.41) is 11.6. The first-order valence-corrected chi connectivity index (χ1v) is 13.1. The number of methoxy groups -OCH3 is 1. The fourth-order valence-corrected chi connectivity index (χ4v) is 4.75. The highest BCUT2D eigenvalue weighted by molar-refractivity contribution is 6.51. The number of ketones is 1. The van der Waals surface area contributed by atoms with Gasteiger partial charge in [-0.2, -0.15) is 0 Å². The lowest BCUT2D eigenvalue weighted by atomic mass is 9.94. The number of benzene rings is 3. The lowest BCUT2D eigenvalue weighted by molar-refractivity contribution is -0.132. The van der Waals surface area contributed by atoms with Crippen molar-refractivity contribution in [1.29, 1.82) is 0 Å². The molecule has 1 N–H and O–H groups in total. The third-order valence-electron chi connectivity index (χ3n) is 6.93. The quantitative estimate of drug-likeness (QED) is 0.195. The van der Waals surface area contributed by atoms with Crippen molar-refractivity contribution in [3.63, 3.8) is 0 Å². The van der Waals surface area contributed by atoms with Crippen LogP contribution in [0.5, 0.6) is 17.2 Å². The second kappa shape index (κ2) is 11.6. The van der Waals surface area contributed by atoms with Crippen LogP contribution in [0.3, 0.4) is 0 Å². The van der Waals surface area contributed by atoms with Crippen molar-refractivity contribution < 1.29 is 28.9 Å². The molecule has 1 unspecified atom stereocenters. The number of ether oxygens (including phenoxy) is 3. The second-order valence-electron chi connectivity index (χ2n) is 9.61. The number of hydrogen-bond donors (Lipinski definition) is 1. The lowest BCUT2D eigenvalue weighted by Gasteiger charge is -2.26. The maximum absolute atomic E-state index is 13.6. The van der Waals surface area contributed by atoms with Crippen molar-refractivity contribution >= 4 is 23.1 Å². The van der Waals surface area contributed by atoms with E-state index in [1.807, 2.05) is 52.8 Å². The van der Waals surface area contributed by atoms with Crippen molar-refractivity contribution in [2.24, 2.45) is 0 Å². The number of carbonyl (C=O) groups excluding carboxylic acids is 2. The summed E-state index contributed by atoms with van der Waals surface area (Å²) in [6, 6.07) is 15.3. The van der Waals surface area contributed by atoms with E-state index in [1.165, 1.54) is 4.90 Å². The van der Waals surface area contributed by atoms with Gasteiger partial charge in [-0.15, -0.1) is 0 Å².